The molecule has 2 fully saturated rings. The molecule has 0 atom stereocenters. The zero-order valence-corrected chi connectivity index (χ0v) is 17.1. The number of carbonyl (C=O) groups excluding carboxylic acids is 4. The second-order valence-electron chi connectivity index (χ2n) is 8.07. The van der Waals surface area contributed by atoms with E-state index in [4.69, 9.17) is 4.74 Å². The molecule has 0 saturated carbocycles. The summed E-state index contributed by atoms with van der Waals surface area (Å²) >= 11 is 0. The van der Waals surface area contributed by atoms with Gasteiger partial charge in [-0.25, -0.2) is 19.4 Å². The quantitative estimate of drug-likeness (QED) is 0.688. The highest BCUT2D eigenvalue weighted by Crippen LogP contribution is 2.30. The molecule has 3 rings (SSSR count). The third-order valence-electron chi connectivity index (χ3n) is 4.94. The van der Waals surface area contributed by atoms with Crippen LogP contribution in [0, 0.1) is 0 Å². The molecule has 2 aliphatic heterocycles. The Morgan fingerprint density at radius 2 is 1.31 bits per heavy atom. The molecule has 29 heavy (non-hydrogen) atoms. The summed E-state index contributed by atoms with van der Waals surface area (Å²) in [5.74, 6) is -0.329. The van der Waals surface area contributed by atoms with Crippen LogP contribution in [0.2, 0.25) is 0 Å². The van der Waals surface area contributed by atoms with E-state index >= 15 is 0 Å². The molecule has 10 nitrogen and oxygen atoms in total. The van der Waals surface area contributed by atoms with Crippen LogP contribution in [-0.2, 0) is 9.59 Å². The number of benzene rings is 1. The Morgan fingerprint density at radius 1 is 0.862 bits per heavy atom. The Morgan fingerprint density at radius 3 is 1.69 bits per heavy atom. The number of imide groups is 2. The van der Waals surface area contributed by atoms with Gasteiger partial charge in [-0.2, -0.15) is 0 Å². The molecule has 2 N–H and O–H groups in total. The number of anilines is 1. The lowest BCUT2D eigenvalue weighted by Gasteiger charge is -2.32. The van der Waals surface area contributed by atoms with E-state index < -0.39 is 35.0 Å². The smallest absolute Gasteiger partial charge is 0.326 e. The highest BCUT2D eigenvalue weighted by Gasteiger charge is 2.47. The molecule has 6 amide bonds. The van der Waals surface area contributed by atoms with E-state index in [9.17, 15) is 19.2 Å². The molecule has 10 heteroatoms. The fourth-order valence-electron chi connectivity index (χ4n) is 3.32. The summed E-state index contributed by atoms with van der Waals surface area (Å²) in [6.07, 6.45) is 0. The number of nitrogens with one attached hydrogen (secondary N) is 2. The topological polar surface area (TPSA) is 111 Å². The summed E-state index contributed by atoms with van der Waals surface area (Å²) in [6.45, 7) is 6.13. The second-order valence-corrected chi connectivity index (χ2v) is 8.07. The number of ether oxygens (including phenoxy) is 1. The normalized spacial score (nSPS) is 20.0. The Balaban J connectivity index is 1.95. The monoisotopic (exact) mass is 403 g/mol. The van der Waals surface area contributed by atoms with Gasteiger partial charge in [0, 0.05) is 0 Å². The lowest BCUT2D eigenvalue weighted by atomic mass is 10.1. The van der Waals surface area contributed by atoms with Crippen molar-refractivity contribution in [3.63, 3.8) is 0 Å². The first-order valence-electron chi connectivity index (χ1n) is 9.14. The highest BCUT2D eigenvalue weighted by atomic mass is 16.5. The summed E-state index contributed by atoms with van der Waals surface area (Å²) in [7, 11) is 1.49. The van der Waals surface area contributed by atoms with Crippen molar-refractivity contribution in [3.05, 3.63) is 24.3 Å². The number of urea groups is 2. The van der Waals surface area contributed by atoms with Crippen molar-refractivity contribution < 1.29 is 23.9 Å². The van der Waals surface area contributed by atoms with Crippen LogP contribution in [0.3, 0.4) is 0 Å². The van der Waals surface area contributed by atoms with Gasteiger partial charge in [0.2, 0.25) is 0 Å². The standard InChI is InChI=1S/C19H25N5O5/c1-18(2)14(25)23(16(27)20-18)10-22(12-8-6-7-9-13(12)29-5)11-24-15(26)19(3,4)21-17(24)28/h6-9H,10-11H2,1-5H3,(H,20,27)(H,21,28). The zero-order valence-electron chi connectivity index (χ0n) is 17.1. The maximum Gasteiger partial charge on any atom is 0.326 e. The summed E-state index contributed by atoms with van der Waals surface area (Å²) in [6, 6.07) is 5.89. The van der Waals surface area contributed by atoms with E-state index in [1.165, 1.54) is 7.11 Å². The third-order valence-corrected chi connectivity index (χ3v) is 4.94. The van der Waals surface area contributed by atoms with Crippen LogP contribution in [-0.4, -0.2) is 65.2 Å². The molecule has 1 aromatic carbocycles. The first kappa shape index (κ1) is 20.4. The number of carbonyl (C=O) groups is 4. The van der Waals surface area contributed by atoms with Gasteiger partial charge < -0.3 is 20.3 Å². The van der Waals surface area contributed by atoms with E-state index in [1.54, 1.807) is 56.9 Å². The van der Waals surface area contributed by atoms with E-state index in [1.807, 2.05) is 0 Å². The van der Waals surface area contributed by atoms with Crippen LogP contribution in [0.15, 0.2) is 24.3 Å². The van der Waals surface area contributed by atoms with Gasteiger partial charge in [-0.1, -0.05) is 12.1 Å². The first-order chi connectivity index (χ1) is 13.5. The van der Waals surface area contributed by atoms with Gasteiger partial charge in [-0.15, -0.1) is 0 Å². The van der Waals surface area contributed by atoms with Crippen molar-refractivity contribution in [2.75, 3.05) is 25.3 Å². The van der Waals surface area contributed by atoms with Crippen LogP contribution in [0.4, 0.5) is 15.3 Å². The van der Waals surface area contributed by atoms with E-state index in [0.717, 1.165) is 9.80 Å². The molecule has 0 aliphatic carbocycles. The van der Waals surface area contributed by atoms with Gasteiger partial charge >= 0.3 is 12.1 Å². The van der Waals surface area contributed by atoms with E-state index in [2.05, 4.69) is 10.6 Å². The van der Waals surface area contributed by atoms with Crippen LogP contribution in [0.1, 0.15) is 27.7 Å². The average Bonchev–Trinajstić information content (AvgIpc) is 2.96. The maximum atomic E-state index is 12.7. The summed E-state index contributed by atoms with van der Waals surface area (Å²) in [5, 5.41) is 5.24. The summed E-state index contributed by atoms with van der Waals surface area (Å²) < 4.78 is 5.39. The molecular weight excluding hydrogens is 378 g/mol. The number of amides is 6. The Labute approximate surface area is 168 Å². The number of hydrogen-bond acceptors (Lipinski definition) is 6. The Bertz CT molecular complexity index is 833. The maximum absolute atomic E-state index is 12.7. The van der Waals surface area contributed by atoms with Gasteiger partial charge in [0.1, 0.15) is 30.2 Å². The van der Waals surface area contributed by atoms with Crippen molar-refractivity contribution in [2.45, 2.75) is 38.8 Å². The predicted octanol–water partition coefficient (Wildman–Crippen LogP) is 1.08. The SMILES string of the molecule is COc1ccccc1N(CN1C(=O)NC(C)(C)C1=O)CN1C(=O)NC(C)(C)C1=O. The molecule has 2 aliphatic rings. The van der Waals surface area contributed by atoms with E-state index in [0.29, 0.717) is 11.4 Å². The van der Waals surface area contributed by atoms with Crippen LogP contribution >= 0.6 is 0 Å². The minimum absolute atomic E-state index is 0.161. The molecule has 0 aromatic heterocycles. The van der Waals surface area contributed by atoms with Gasteiger partial charge in [0.05, 0.1) is 12.8 Å². The summed E-state index contributed by atoms with van der Waals surface area (Å²) in [5.41, 5.74) is -1.54. The fourth-order valence-corrected chi connectivity index (χ4v) is 3.32. The Kier molecular flexibility index (Phi) is 4.89. The number of methoxy groups -OCH3 is 1. The zero-order chi connectivity index (χ0) is 21.6. The van der Waals surface area contributed by atoms with Gasteiger partial charge in [0.25, 0.3) is 11.8 Å². The lowest BCUT2D eigenvalue weighted by molar-refractivity contribution is -0.130. The molecular formula is C19H25N5O5. The lowest BCUT2D eigenvalue weighted by Crippen LogP contribution is -2.49. The van der Waals surface area contributed by atoms with Crippen molar-refractivity contribution >= 4 is 29.6 Å². The largest absolute Gasteiger partial charge is 0.495 e. The number of nitrogens with zero attached hydrogens (tertiary/aromatic N) is 3. The van der Waals surface area contributed by atoms with Gasteiger partial charge in [0.15, 0.2) is 0 Å². The number of rotatable bonds is 6. The van der Waals surface area contributed by atoms with Crippen molar-refractivity contribution in [3.8, 4) is 5.75 Å². The minimum Gasteiger partial charge on any atom is -0.495 e. The number of para-hydroxylation sites is 2. The average molecular weight is 403 g/mol. The van der Waals surface area contributed by atoms with Gasteiger partial charge in [-0.3, -0.25) is 9.59 Å². The van der Waals surface area contributed by atoms with Crippen molar-refractivity contribution in [1.29, 1.82) is 0 Å². The van der Waals surface area contributed by atoms with Crippen molar-refractivity contribution in [2.24, 2.45) is 0 Å². The molecule has 2 saturated heterocycles. The molecule has 0 unspecified atom stereocenters. The van der Waals surface area contributed by atoms with E-state index in [-0.39, 0.29) is 13.3 Å². The molecule has 2 heterocycles. The predicted molar refractivity (Wildman–Crippen MR) is 104 cm³/mol. The Hall–Kier alpha value is -3.30. The molecule has 0 bridgehead atoms. The fraction of sp³-hybridized carbons (Fsp3) is 0.474. The minimum atomic E-state index is -1.04. The molecule has 0 spiro atoms. The van der Waals surface area contributed by atoms with Crippen LogP contribution < -0.4 is 20.3 Å². The van der Waals surface area contributed by atoms with Crippen molar-refractivity contribution in [1.82, 2.24) is 20.4 Å². The highest BCUT2D eigenvalue weighted by molar-refractivity contribution is 6.07. The molecule has 156 valence electrons. The number of hydrogen-bond donors (Lipinski definition) is 2. The van der Waals surface area contributed by atoms with Gasteiger partial charge in [-0.05, 0) is 39.8 Å². The summed E-state index contributed by atoms with van der Waals surface area (Å²) in [4.78, 5) is 53.7. The first-order valence-corrected chi connectivity index (χ1v) is 9.14. The molecule has 1 aromatic rings. The van der Waals surface area contributed by atoms with Crippen LogP contribution in [0.25, 0.3) is 0 Å². The van der Waals surface area contributed by atoms with Crippen LogP contribution in [0.5, 0.6) is 5.75 Å². The second kappa shape index (κ2) is 6.94. The third kappa shape index (κ3) is 3.57. The molecule has 0 radical (unpaired) electrons.